The van der Waals surface area contributed by atoms with E-state index in [1.807, 2.05) is 11.4 Å². The second-order valence-electron chi connectivity index (χ2n) is 4.88. The van der Waals surface area contributed by atoms with Crippen molar-refractivity contribution in [3.05, 3.63) is 29.5 Å². The number of nitrogens with zero attached hydrogens (tertiary/aromatic N) is 2. The number of rotatable bonds is 4. The fourth-order valence-electron chi connectivity index (χ4n) is 2.48. The van der Waals surface area contributed by atoms with Crippen LogP contribution >= 0.6 is 11.3 Å². The molecule has 2 aromatic rings. The summed E-state index contributed by atoms with van der Waals surface area (Å²) >= 11 is 1.41. The van der Waals surface area contributed by atoms with Gasteiger partial charge in [-0.25, -0.2) is 9.78 Å². The van der Waals surface area contributed by atoms with Crippen LogP contribution in [0.25, 0.3) is 10.8 Å². The van der Waals surface area contributed by atoms with Crippen LogP contribution in [0.1, 0.15) is 18.5 Å². The molecule has 3 heterocycles. The van der Waals surface area contributed by atoms with E-state index in [0.29, 0.717) is 24.4 Å². The first-order valence-corrected chi connectivity index (χ1v) is 7.53. The van der Waals surface area contributed by atoms with Gasteiger partial charge in [0.15, 0.2) is 10.8 Å². The van der Waals surface area contributed by atoms with Crippen molar-refractivity contribution in [2.45, 2.75) is 25.3 Å². The number of aliphatic carboxylic acids is 1. The number of hydrogen-bond acceptors (Lipinski definition) is 5. The zero-order valence-corrected chi connectivity index (χ0v) is 12.0. The second-order valence-corrected chi connectivity index (χ2v) is 5.74. The average molecular weight is 306 g/mol. The molecule has 6 nitrogen and oxygen atoms in total. The zero-order valence-electron chi connectivity index (χ0n) is 11.2. The maximum absolute atomic E-state index is 12.2. The number of aromatic nitrogens is 1. The maximum atomic E-state index is 12.2. The summed E-state index contributed by atoms with van der Waals surface area (Å²) in [6.45, 7) is 0.505. The van der Waals surface area contributed by atoms with Gasteiger partial charge in [-0.15, -0.1) is 11.3 Å². The minimum Gasteiger partial charge on any atom is -0.480 e. The van der Waals surface area contributed by atoms with E-state index >= 15 is 0 Å². The van der Waals surface area contributed by atoms with Crippen molar-refractivity contribution in [3.8, 4) is 10.8 Å². The summed E-state index contributed by atoms with van der Waals surface area (Å²) < 4.78 is 5.26. The summed E-state index contributed by atoms with van der Waals surface area (Å²) in [5.41, 5.74) is 0.646. The molecule has 7 heteroatoms. The summed E-state index contributed by atoms with van der Waals surface area (Å²) in [5, 5.41) is 11.6. The van der Waals surface area contributed by atoms with Crippen LogP contribution in [0.15, 0.2) is 28.2 Å². The number of carboxylic acid groups (broad SMARTS) is 1. The van der Waals surface area contributed by atoms with Crippen LogP contribution < -0.4 is 0 Å². The third-order valence-corrected chi connectivity index (χ3v) is 4.38. The number of carbonyl (C=O) groups is 2. The number of likely N-dealkylation sites (tertiary alicyclic amines) is 1. The molecule has 1 fully saturated rings. The number of carbonyl (C=O) groups excluding carboxylic acids is 1. The lowest BCUT2D eigenvalue weighted by Crippen LogP contribution is -2.41. The van der Waals surface area contributed by atoms with Crippen molar-refractivity contribution in [2.75, 3.05) is 6.54 Å². The Morgan fingerprint density at radius 1 is 1.52 bits per heavy atom. The van der Waals surface area contributed by atoms with Gasteiger partial charge in [-0.2, -0.15) is 0 Å². The van der Waals surface area contributed by atoms with E-state index < -0.39 is 12.0 Å². The molecule has 1 saturated heterocycles. The summed E-state index contributed by atoms with van der Waals surface area (Å²) in [5.74, 6) is -0.449. The standard InChI is InChI=1S/C14H14N2O4S/c17-12(16-5-1-3-10(16)14(18)19)7-9-8-21-13(15-9)11-4-2-6-20-11/h2,4,6,8,10H,1,3,5,7H2,(H,18,19). The molecule has 1 unspecified atom stereocenters. The third kappa shape index (κ3) is 2.82. The van der Waals surface area contributed by atoms with Crippen LogP contribution in [0, 0.1) is 0 Å². The van der Waals surface area contributed by atoms with Crippen molar-refractivity contribution in [3.63, 3.8) is 0 Å². The Bertz CT molecular complexity index is 650. The monoisotopic (exact) mass is 306 g/mol. The van der Waals surface area contributed by atoms with Crippen molar-refractivity contribution in [2.24, 2.45) is 0 Å². The van der Waals surface area contributed by atoms with Gasteiger partial charge in [0.05, 0.1) is 18.4 Å². The molecule has 21 heavy (non-hydrogen) atoms. The van der Waals surface area contributed by atoms with E-state index in [1.54, 1.807) is 12.3 Å². The molecule has 110 valence electrons. The first-order valence-electron chi connectivity index (χ1n) is 6.65. The van der Waals surface area contributed by atoms with Crippen LogP contribution in [-0.2, 0) is 16.0 Å². The Hall–Kier alpha value is -2.15. The molecule has 1 N–H and O–H groups in total. The van der Waals surface area contributed by atoms with Crippen LogP contribution in [0.4, 0.5) is 0 Å². The fourth-order valence-corrected chi connectivity index (χ4v) is 3.27. The zero-order chi connectivity index (χ0) is 14.8. The predicted molar refractivity (Wildman–Crippen MR) is 75.9 cm³/mol. The lowest BCUT2D eigenvalue weighted by Gasteiger charge is -2.20. The van der Waals surface area contributed by atoms with Crippen LogP contribution in [0.3, 0.4) is 0 Å². The predicted octanol–water partition coefficient (Wildman–Crippen LogP) is 2.02. The van der Waals surface area contributed by atoms with Crippen molar-refractivity contribution >= 4 is 23.2 Å². The molecule has 0 aliphatic carbocycles. The van der Waals surface area contributed by atoms with Crippen molar-refractivity contribution in [1.29, 1.82) is 0 Å². The molecule has 2 aromatic heterocycles. The molecular weight excluding hydrogens is 292 g/mol. The van der Waals surface area contributed by atoms with E-state index in [0.717, 1.165) is 11.4 Å². The molecule has 1 aliphatic rings. The fraction of sp³-hybridized carbons (Fsp3) is 0.357. The molecular formula is C14H14N2O4S. The van der Waals surface area contributed by atoms with Gasteiger partial charge in [0, 0.05) is 11.9 Å². The minimum absolute atomic E-state index is 0.126. The van der Waals surface area contributed by atoms with Crippen LogP contribution in [-0.4, -0.2) is 39.5 Å². The van der Waals surface area contributed by atoms with Gasteiger partial charge >= 0.3 is 5.97 Å². The molecule has 1 aliphatic heterocycles. The van der Waals surface area contributed by atoms with Gasteiger partial charge < -0.3 is 14.4 Å². The van der Waals surface area contributed by atoms with Crippen molar-refractivity contribution < 1.29 is 19.1 Å². The van der Waals surface area contributed by atoms with Gasteiger partial charge in [0.25, 0.3) is 0 Å². The number of amides is 1. The van der Waals surface area contributed by atoms with E-state index in [-0.39, 0.29) is 12.3 Å². The van der Waals surface area contributed by atoms with E-state index in [9.17, 15) is 9.59 Å². The molecule has 1 amide bonds. The maximum Gasteiger partial charge on any atom is 0.326 e. The first kappa shape index (κ1) is 13.8. The average Bonchev–Trinajstić information content (AvgIpc) is 3.19. The first-order chi connectivity index (χ1) is 10.1. The van der Waals surface area contributed by atoms with Crippen molar-refractivity contribution in [1.82, 2.24) is 9.88 Å². The Morgan fingerprint density at radius 3 is 3.10 bits per heavy atom. The summed E-state index contributed by atoms with van der Waals surface area (Å²) in [4.78, 5) is 29.1. The second kappa shape index (κ2) is 5.69. The third-order valence-electron chi connectivity index (χ3n) is 3.47. The molecule has 0 bridgehead atoms. The normalized spacial score (nSPS) is 18.1. The Kier molecular flexibility index (Phi) is 3.74. The molecule has 0 spiro atoms. The van der Waals surface area contributed by atoms with Crippen LogP contribution in [0.2, 0.25) is 0 Å². The highest BCUT2D eigenvalue weighted by Gasteiger charge is 2.33. The molecule has 3 rings (SSSR count). The summed E-state index contributed by atoms with van der Waals surface area (Å²) in [7, 11) is 0. The SMILES string of the molecule is O=C(O)C1CCCN1C(=O)Cc1csc(-c2ccco2)n1. The number of furan rings is 1. The highest BCUT2D eigenvalue weighted by atomic mass is 32.1. The quantitative estimate of drug-likeness (QED) is 0.934. The smallest absolute Gasteiger partial charge is 0.326 e. The molecule has 0 saturated carbocycles. The Morgan fingerprint density at radius 2 is 2.38 bits per heavy atom. The number of carboxylic acids is 1. The van der Waals surface area contributed by atoms with Gasteiger partial charge in [-0.1, -0.05) is 0 Å². The Labute approximate surface area is 125 Å². The summed E-state index contributed by atoms with van der Waals surface area (Å²) in [6, 6.07) is 2.90. The van der Waals surface area contributed by atoms with Gasteiger partial charge in [0.2, 0.25) is 5.91 Å². The lowest BCUT2D eigenvalue weighted by molar-refractivity contribution is -0.148. The molecule has 0 radical (unpaired) electrons. The van der Waals surface area contributed by atoms with Gasteiger partial charge in [0.1, 0.15) is 6.04 Å². The van der Waals surface area contributed by atoms with Gasteiger partial charge in [-0.05, 0) is 25.0 Å². The molecule has 0 aromatic carbocycles. The minimum atomic E-state index is -0.935. The number of hydrogen-bond donors (Lipinski definition) is 1. The van der Waals surface area contributed by atoms with Gasteiger partial charge in [-0.3, -0.25) is 4.79 Å². The van der Waals surface area contributed by atoms with Crippen LogP contribution in [0.5, 0.6) is 0 Å². The Balaban J connectivity index is 1.69. The highest BCUT2D eigenvalue weighted by Crippen LogP contribution is 2.25. The van der Waals surface area contributed by atoms with E-state index in [2.05, 4.69) is 4.98 Å². The molecule has 1 atom stereocenters. The largest absolute Gasteiger partial charge is 0.480 e. The lowest BCUT2D eigenvalue weighted by atomic mass is 10.2. The summed E-state index contributed by atoms with van der Waals surface area (Å²) in [6.07, 6.45) is 2.96. The van der Waals surface area contributed by atoms with E-state index in [4.69, 9.17) is 9.52 Å². The highest BCUT2D eigenvalue weighted by molar-refractivity contribution is 7.13. The van der Waals surface area contributed by atoms with E-state index in [1.165, 1.54) is 16.2 Å². The number of thiazole rings is 1. The topological polar surface area (TPSA) is 83.6 Å².